The highest BCUT2D eigenvalue weighted by Gasteiger charge is 2.19. The predicted octanol–water partition coefficient (Wildman–Crippen LogP) is 2.94. The summed E-state index contributed by atoms with van der Waals surface area (Å²) in [5, 5.41) is 7.40. The van der Waals surface area contributed by atoms with E-state index >= 15 is 0 Å². The van der Waals surface area contributed by atoms with E-state index in [-0.39, 0.29) is 34.4 Å². The molecule has 0 saturated heterocycles. The molecule has 2 aromatic carbocycles. The molecule has 0 radical (unpaired) electrons. The minimum atomic E-state index is -3.10. The molecule has 27 heavy (non-hydrogen) atoms. The molecule has 0 amide bonds. The molecule has 11 heteroatoms. The van der Waals surface area contributed by atoms with Crippen LogP contribution in [0.2, 0.25) is 5.02 Å². The lowest BCUT2D eigenvalue weighted by Crippen LogP contribution is -2.23. The van der Waals surface area contributed by atoms with Crippen molar-refractivity contribution in [2.24, 2.45) is 7.05 Å². The van der Waals surface area contributed by atoms with E-state index in [0.29, 0.717) is 0 Å². The van der Waals surface area contributed by atoms with Crippen molar-refractivity contribution >= 4 is 11.6 Å². The lowest BCUT2D eigenvalue weighted by atomic mass is 10.1. The summed E-state index contributed by atoms with van der Waals surface area (Å²) in [6.07, 6.45) is 0. The number of alkyl halides is 2. The van der Waals surface area contributed by atoms with E-state index in [9.17, 15) is 18.0 Å². The Kier molecular flexibility index (Phi) is 5.36. The van der Waals surface area contributed by atoms with Gasteiger partial charge in [0.15, 0.2) is 0 Å². The molecule has 0 N–H and O–H groups in total. The van der Waals surface area contributed by atoms with Gasteiger partial charge in [0, 0.05) is 13.1 Å². The molecule has 3 rings (SSSR count). The second-order valence-electron chi connectivity index (χ2n) is 5.29. The van der Waals surface area contributed by atoms with Gasteiger partial charge < -0.3 is 9.47 Å². The zero-order valence-corrected chi connectivity index (χ0v) is 14.5. The summed E-state index contributed by atoms with van der Waals surface area (Å²) in [7, 11) is 1.38. The first kappa shape index (κ1) is 18.8. The van der Waals surface area contributed by atoms with Crippen LogP contribution in [0.15, 0.2) is 41.2 Å². The maximum absolute atomic E-state index is 13.4. The van der Waals surface area contributed by atoms with E-state index in [1.54, 1.807) is 0 Å². The molecule has 1 heterocycles. The lowest BCUT2D eigenvalue weighted by Gasteiger charge is -2.15. The van der Waals surface area contributed by atoms with Crippen LogP contribution in [0.5, 0.6) is 11.5 Å². The molecular weight excluding hydrogens is 389 g/mol. The van der Waals surface area contributed by atoms with Crippen LogP contribution in [0, 0.1) is 5.82 Å². The first-order chi connectivity index (χ1) is 12.9. The van der Waals surface area contributed by atoms with E-state index < -0.39 is 18.1 Å². The fourth-order valence-corrected chi connectivity index (χ4v) is 2.48. The molecule has 0 atom stereocenters. The van der Waals surface area contributed by atoms with Gasteiger partial charge in [-0.1, -0.05) is 17.7 Å². The van der Waals surface area contributed by atoms with Crippen molar-refractivity contribution in [3.8, 4) is 17.2 Å². The molecule has 0 saturated carbocycles. The number of hydrogen-bond donors (Lipinski definition) is 0. The van der Waals surface area contributed by atoms with Crippen molar-refractivity contribution in [3.05, 3.63) is 63.3 Å². The van der Waals surface area contributed by atoms with Crippen molar-refractivity contribution in [2.75, 3.05) is 0 Å². The third kappa shape index (κ3) is 4.05. The number of tetrazole rings is 1. The zero-order valence-electron chi connectivity index (χ0n) is 13.8. The monoisotopic (exact) mass is 400 g/mol. The van der Waals surface area contributed by atoms with Crippen LogP contribution in [-0.4, -0.2) is 26.4 Å². The SMILES string of the molecule is Cn1nnn(-c2cccc(OC(F)F)c2COc2cc(F)ccc2Cl)c1=O. The summed E-state index contributed by atoms with van der Waals surface area (Å²) >= 11 is 5.95. The highest BCUT2D eigenvalue weighted by molar-refractivity contribution is 6.32. The molecule has 142 valence electrons. The summed E-state index contributed by atoms with van der Waals surface area (Å²) in [6, 6.07) is 7.64. The van der Waals surface area contributed by atoms with Crippen LogP contribution in [-0.2, 0) is 13.7 Å². The molecule has 1 aromatic heterocycles. The van der Waals surface area contributed by atoms with Gasteiger partial charge in [0.2, 0.25) is 0 Å². The minimum absolute atomic E-state index is 0.000888. The zero-order chi connectivity index (χ0) is 19.6. The van der Waals surface area contributed by atoms with E-state index in [2.05, 4.69) is 15.2 Å². The van der Waals surface area contributed by atoms with Gasteiger partial charge in [0.1, 0.15) is 23.9 Å². The molecule has 0 unspecified atom stereocenters. The fourth-order valence-electron chi connectivity index (χ4n) is 2.31. The normalized spacial score (nSPS) is 11.0. The Morgan fingerprint density at radius 3 is 2.63 bits per heavy atom. The molecule has 3 aromatic rings. The summed E-state index contributed by atoms with van der Waals surface area (Å²) in [5.41, 5.74) is -0.395. The first-order valence-corrected chi connectivity index (χ1v) is 7.88. The molecule has 7 nitrogen and oxygen atoms in total. The minimum Gasteiger partial charge on any atom is -0.487 e. The molecule has 0 aliphatic heterocycles. The molecular formula is C16H12ClF3N4O3. The van der Waals surface area contributed by atoms with Gasteiger partial charge in [-0.25, -0.2) is 9.18 Å². The van der Waals surface area contributed by atoms with E-state index in [0.717, 1.165) is 21.5 Å². The fraction of sp³-hybridized carbons (Fsp3) is 0.188. The third-order valence-corrected chi connectivity index (χ3v) is 3.85. The van der Waals surface area contributed by atoms with Crippen molar-refractivity contribution in [2.45, 2.75) is 13.2 Å². The van der Waals surface area contributed by atoms with Gasteiger partial charge in [0.25, 0.3) is 0 Å². The average Bonchev–Trinajstić information content (AvgIpc) is 2.95. The van der Waals surface area contributed by atoms with Crippen molar-refractivity contribution in [3.63, 3.8) is 0 Å². The number of benzene rings is 2. The Morgan fingerprint density at radius 1 is 1.19 bits per heavy atom. The van der Waals surface area contributed by atoms with Gasteiger partial charge in [-0.15, -0.1) is 0 Å². The number of ether oxygens (including phenoxy) is 2. The largest absolute Gasteiger partial charge is 0.487 e. The molecule has 0 spiro atoms. The van der Waals surface area contributed by atoms with Crippen LogP contribution in [0.3, 0.4) is 0 Å². The van der Waals surface area contributed by atoms with Crippen LogP contribution < -0.4 is 15.2 Å². The number of hydrogen-bond acceptors (Lipinski definition) is 5. The second kappa shape index (κ2) is 7.70. The Bertz CT molecular complexity index is 1020. The maximum atomic E-state index is 13.4. The Balaban J connectivity index is 2.04. The molecule has 0 bridgehead atoms. The number of aromatic nitrogens is 4. The standard InChI is InChI=1S/C16H12ClF3N4O3/c1-23-16(25)24(22-21-23)12-3-2-4-13(27-15(19)20)10(12)8-26-14-7-9(18)5-6-11(14)17/h2-7,15H,8H2,1H3. The van der Waals surface area contributed by atoms with Crippen LogP contribution in [0.1, 0.15) is 5.56 Å². The highest BCUT2D eigenvalue weighted by Crippen LogP contribution is 2.30. The molecule has 0 fully saturated rings. The van der Waals surface area contributed by atoms with Gasteiger partial charge in [0.05, 0.1) is 16.3 Å². The number of halogens is 4. The average molecular weight is 401 g/mol. The number of nitrogens with zero attached hydrogens (tertiary/aromatic N) is 4. The highest BCUT2D eigenvalue weighted by atomic mass is 35.5. The molecule has 0 aliphatic rings. The predicted molar refractivity (Wildman–Crippen MR) is 89.0 cm³/mol. The van der Waals surface area contributed by atoms with Crippen molar-refractivity contribution in [1.82, 2.24) is 19.8 Å². The summed E-state index contributed by atoms with van der Waals surface area (Å²) < 4.78 is 50.8. The van der Waals surface area contributed by atoms with Gasteiger partial charge in [-0.3, -0.25) is 0 Å². The second-order valence-corrected chi connectivity index (χ2v) is 5.70. The van der Waals surface area contributed by atoms with Crippen LogP contribution in [0.25, 0.3) is 5.69 Å². The quantitative estimate of drug-likeness (QED) is 0.636. The van der Waals surface area contributed by atoms with Crippen molar-refractivity contribution < 1.29 is 22.6 Å². The Morgan fingerprint density at radius 2 is 1.96 bits per heavy atom. The smallest absolute Gasteiger partial charge is 0.387 e. The van der Waals surface area contributed by atoms with Gasteiger partial charge in [-0.2, -0.15) is 18.1 Å². The van der Waals surface area contributed by atoms with Crippen LogP contribution in [0.4, 0.5) is 13.2 Å². The number of rotatable bonds is 6. The molecule has 0 aliphatic carbocycles. The van der Waals surface area contributed by atoms with Gasteiger partial charge in [-0.05, 0) is 34.7 Å². The third-order valence-electron chi connectivity index (χ3n) is 3.54. The summed E-state index contributed by atoms with van der Waals surface area (Å²) in [5.74, 6) is -0.814. The summed E-state index contributed by atoms with van der Waals surface area (Å²) in [6.45, 7) is -3.44. The van der Waals surface area contributed by atoms with E-state index in [4.69, 9.17) is 16.3 Å². The van der Waals surface area contributed by atoms with E-state index in [1.165, 1.54) is 31.3 Å². The van der Waals surface area contributed by atoms with Gasteiger partial charge >= 0.3 is 12.3 Å². The summed E-state index contributed by atoms with van der Waals surface area (Å²) in [4.78, 5) is 12.1. The van der Waals surface area contributed by atoms with Crippen molar-refractivity contribution in [1.29, 1.82) is 0 Å². The maximum Gasteiger partial charge on any atom is 0.387 e. The Hall–Kier alpha value is -3.01. The lowest BCUT2D eigenvalue weighted by molar-refractivity contribution is -0.0508. The Labute approximate surface area is 155 Å². The first-order valence-electron chi connectivity index (χ1n) is 7.50. The van der Waals surface area contributed by atoms with E-state index in [1.807, 2.05) is 0 Å². The van der Waals surface area contributed by atoms with Crippen LogP contribution >= 0.6 is 11.6 Å². The number of aryl methyl sites for hydroxylation is 1. The topological polar surface area (TPSA) is 71.2 Å².